The Morgan fingerprint density at radius 1 is 1.14 bits per heavy atom. The number of nitrogens with zero attached hydrogens (tertiary/aromatic N) is 6. The smallest absolute Gasteiger partial charge is 0.314 e. The molecule has 4 heterocycles. The first-order valence-corrected chi connectivity index (χ1v) is 13.6. The number of carboxylic acid groups (broad SMARTS) is 1. The highest BCUT2D eigenvalue weighted by Gasteiger charge is 2.22. The predicted molar refractivity (Wildman–Crippen MR) is 144 cm³/mol. The van der Waals surface area contributed by atoms with E-state index in [2.05, 4.69) is 37.7 Å². The van der Waals surface area contributed by atoms with Gasteiger partial charge in [-0.25, -0.2) is 18.7 Å². The summed E-state index contributed by atoms with van der Waals surface area (Å²) in [6.45, 7) is 5.36. The molecule has 1 aromatic carbocycles. The van der Waals surface area contributed by atoms with Gasteiger partial charge in [-0.05, 0) is 42.8 Å². The van der Waals surface area contributed by atoms with Crippen molar-refractivity contribution in [1.82, 2.24) is 18.7 Å². The Bertz CT molecular complexity index is 1360. The zero-order chi connectivity index (χ0) is 25.2. The molecule has 0 aliphatic carbocycles. The van der Waals surface area contributed by atoms with Crippen LogP contribution in [0.5, 0.6) is 0 Å². The molecule has 0 saturated carbocycles. The maximum absolute atomic E-state index is 13.3. The Hall–Kier alpha value is -3.15. The van der Waals surface area contributed by atoms with E-state index in [-0.39, 0.29) is 11.6 Å². The monoisotopic (exact) mass is 526 g/mol. The largest absolute Gasteiger partial charge is 0.481 e. The number of fused-ring (bicyclic) bond motifs is 1. The van der Waals surface area contributed by atoms with Crippen LogP contribution in [0.4, 0.5) is 21.0 Å². The van der Waals surface area contributed by atoms with Crippen LogP contribution in [0.1, 0.15) is 12.6 Å². The number of carboxylic acids is 1. The minimum Gasteiger partial charge on any atom is -0.481 e. The second-order valence-electron chi connectivity index (χ2n) is 8.52. The third-order valence-corrected chi connectivity index (χ3v) is 8.22. The quantitative estimate of drug-likeness (QED) is 0.329. The molecule has 1 aliphatic heterocycles. The summed E-state index contributed by atoms with van der Waals surface area (Å²) in [7, 11) is 2.00. The number of imidazole rings is 1. The van der Waals surface area contributed by atoms with Crippen LogP contribution in [-0.4, -0.2) is 68.7 Å². The van der Waals surface area contributed by atoms with Crippen molar-refractivity contribution in [2.24, 2.45) is 0 Å². The lowest BCUT2D eigenvalue weighted by atomic mass is 10.2. The van der Waals surface area contributed by atoms with E-state index in [9.17, 15) is 9.18 Å². The highest BCUT2D eigenvalue weighted by atomic mass is 32.2. The Morgan fingerprint density at radius 3 is 2.58 bits per heavy atom. The van der Waals surface area contributed by atoms with Gasteiger partial charge < -0.3 is 14.9 Å². The van der Waals surface area contributed by atoms with Gasteiger partial charge in [0.15, 0.2) is 5.13 Å². The second-order valence-corrected chi connectivity index (χ2v) is 10.4. The fraction of sp³-hybridized carbons (Fsp3) is 0.320. The van der Waals surface area contributed by atoms with E-state index >= 15 is 0 Å². The number of anilines is 3. The molecule has 0 radical (unpaired) electrons. The summed E-state index contributed by atoms with van der Waals surface area (Å²) in [6.07, 6.45) is 2.91. The molecular formula is C25H27FN6O2S2. The Kier molecular flexibility index (Phi) is 7.13. The maximum Gasteiger partial charge on any atom is 0.314 e. The number of rotatable bonds is 8. The third-order valence-electron chi connectivity index (χ3n) is 6.19. The average molecular weight is 527 g/mol. The topological polar surface area (TPSA) is 77.2 Å². The lowest BCUT2D eigenvalue weighted by Crippen LogP contribution is -2.43. The van der Waals surface area contributed by atoms with Gasteiger partial charge in [0.25, 0.3) is 0 Å². The highest BCUT2D eigenvalue weighted by Crippen LogP contribution is 2.34. The van der Waals surface area contributed by atoms with Crippen molar-refractivity contribution in [2.45, 2.75) is 13.3 Å². The van der Waals surface area contributed by atoms with Gasteiger partial charge >= 0.3 is 5.97 Å². The summed E-state index contributed by atoms with van der Waals surface area (Å²) >= 11 is 2.92. The molecule has 1 saturated heterocycles. The minimum atomic E-state index is -0.790. The Labute approximate surface area is 217 Å². The number of halogens is 1. The number of carbonyl (C=O) groups is 1. The summed E-state index contributed by atoms with van der Waals surface area (Å²) < 4.78 is 17.6. The molecule has 0 bridgehead atoms. The first-order valence-electron chi connectivity index (χ1n) is 11.7. The lowest BCUT2D eigenvalue weighted by Gasteiger charge is -2.35. The number of piperazine rings is 1. The molecule has 0 spiro atoms. The molecule has 3 aromatic heterocycles. The zero-order valence-electron chi connectivity index (χ0n) is 20.1. The molecule has 0 unspecified atom stereocenters. The van der Waals surface area contributed by atoms with E-state index in [0.717, 1.165) is 71.8 Å². The molecule has 1 aliphatic rings. The first kappa shape index (κ1) is 24.5. The van der Waals surface area contributed by atoms with Crippen molar-refractivity contribution in [3.8, 4) is 11.3 Å². The van der Waals surface area contributed by atoms with Crippen LogP contribution in [0, 0.1) is 5.82 Å². The molecule has 11 heteroatoms. The van der Waals surface area contributed by atoms with Crippen LogP contribution in [0.25, 0.3) is 16.9 Å². The first-order chi connectivity index (χ1) is 17.4. The van der Waals surface area contributed by atoms with E-state index < -0.39 is 5.97 Å². The molecule has 4 aromatic rings. The fourth-order valence-corrected chi connectivity index (χ4v) is 5.85. The fourth-order valence-electron chi connectivity index (χ4n) is 4.33. The predicted octanol–water partition coefficient (Wildman–Crippen LogP) is 4.78. The van der Waals surface area contributed by atoms with E-state index in [0.29, 0.717) is 0 Å². The standard InChI is InChI=1S/C25H27FN6O2S2/c1-3-20-24(29(2)25-28-21(15-35-25)17-4-6-18(26)7-5-17)32-14-19(8-9-22(32)27-20)30-10-12-31(13-11-30)36-16-23(33)34/h4-9,14-15H,3,10-13,16H2,1-2H3,(H,33,34). The van der Waals surface area contributed by atoms with E-state index in [1.54, 1.807) is 23.5 Å². The number of hydrogen-bond donors (Lipinski definition) is 1. The van der Waals surface area contributed by atoms with Gasteiger partial charge in [-0.1, -0.05) is 18.9 Å². The normalized spacial score (nSPS) is 14.5. The minimum absolute atomic E-state index is 0.0934. The lowest BCUT2D eigenvalue weighted by molar-refractivity contribution is -0.133. The van der Waals surface area contributed by atoms with E-state index in [4.69, 9.17) is 15.1 Å². The highest BCUT2D eigenvalue weighted by molar-refractivity contribution is 7.97. The number of thiazole rings is 1. The molecule has 8 nitrogen and oxygen atoms in total. The molecular weight excluding hydrogens is 499 g/mol. The molecule has 36 heavy (non-hydrogen) atoms. The molecule has 188 valence electrons. The number of pyridine rings is 1. The number of hydrogen-bond acceptors (Lipinski definition) is 8. The van der Waals surface area contributed by atoms with Gasteiger partial charge in [0, 0.05) is 50.4 Å². The van der Waals surface area contributed by atoms with E-state index in [1.165, 1.54) is 24.1 Å². The van der Waals surface area contributed by atoms with Crippen LogP contribution in [-0.2, 0) is 11.2 Å². The molecule has 0 amide bonds. The van der Waals surface area contributed by atoms with Gasteiger partial charge in [-0.15, -0.1) is 11.3 Å². The van der Waals surface area contributed by atoms with Crippen molar-refractivity contribution in [2.75, 3.05) is 48.8 Å². The molecule has 5 rings (SSSR count). The summed E-state index contributed by atoms with van der Waals surface area (Å²) in [4.78, 5) is 24.9. The average Bonchev–Trinajstić information content (AvgIpc) is 3.52. The second kappa shape index (κ2) is 10.5. The summed E-state index contributed by atoms with van der Waals surface area (Å²) in [5.41, 5.74) is 4.66. The van der Waals surface area contributed by atoms with Gasteiger partial charge in [0.05, 0.1) is 17.1 Å². The molecule has 0 atom stereocenters. The van der Waals surface area contributed by atoms with Crippen LogP contribution in [0.2, 0.25) is 0 Å². The van der Waals surface area contributed by atoms with Crippen molar-refractivity contribution in [3.63, 3.8) is 0 Å². The molecule has 1 fully saturated rings. The Balaban J connectivity index is 1.40. The molecule has 1 N–H and O–H groups in total. The number of aryl methyl sites for hydroxylation is 1. The summed E-state index contributed by atoms with van der Waals surface area (Å²) in [5.74, 6) is 0.0168. The van der Waals surface area contributed by atoms with Crippen molar-refractivity contribution in [1.29, 1.82) is 0 Å². The van der Waals surface area contributed by atoms with Crippen molar-refractivity contribution in [3.05, 3.63) is 59.5 Å². The maximum atomic E-state index is 13.3. The zero-order valence-corrected chi connectivity index (χ0v) is 21.7. The van der Waals surface area contributed by atoms with Gasteiger partial charge in [0.1, 0.15) is 23.0 Å². The summed E-state index contributed by atoms with van der Waals surface area (Å²) in [5, 5.41) is 11.8. The number of benzene rings is 1. The Morgan fingerprint density at radius 2 is 1.89 bits per heavy atom. The van der Waals surface area contributed by atoms with Gasteiger partial charge in [0.2, 0.25) is 0 Å². The van der Waals surface area contributed by atoms with Crippen molar-refractivity contribution < 1.29 is 14.3 Å². The van der Waals surface area contributed by atoms with Crippen LogP contribution < -0.4 is 9.80 Å². The summed E-state index contributed by atoms with van der Waals surface area (Å²) in [6, 6.07) is 10.5. The number of aliphatic carboxylic acids is 1. The van der Waals surface area contributed by atoms with Crippen LogP contribution in [0.3, 0.4) is 0 Å². The van der Waals surface area contributed by atoms with Gasteiger partial charge in [-0.3, -0.25) is 9.20 Å². The number of aromatic nitrogens is 3. The van der Waals surface area contributed by atoms with Gasteiger partial charge in [-0.2, -0.15) is 0 Å². The van der Waals surface area contributed by atoms with Crippen LogP contribution >= 0.6 is 23.3 Å². The SMILES string of the molecule is CCc1nc2ccc(N3CCN(SCC(=O)O)CC3)cn2c1N(C)c1nc(-c2ccc(F)cc2)cs1. The van der Waals surface area contributed by atoms with E-state index in [1.807, 2.05) is 18.5 Å². The van der Waals surface area contributed by atoms with Crippen LogP contribution in [0.15, 0.2) is 48.0 Å². The van der Waals surface area contributed by atoms with Crippen molar-refractivity contribution >= 4 is 51.5 Å². The third kappa shape index (κ3) is 5.04.